The van der Waals surface area contributed by atoms with Crippen molar-refractivity contribution in [3.8, 4) is 5.75 Å². The molecule has 116 valence electrons. The van der Waals surface area contributed by atoms with E-state index in [0.717, 1.165) is 6.07 Å². The third-order valence-corrected chi connectivity index (χ3v) is 2.91. The van der Waals surface area contributed by atoms with Crippen LogP contribution in [0.5, 0.6) is 5.75 Å². The van der Waals surface area contributed by atoms with Crippen LogP contribution in [0, 0.1) is 11.7 Å². The van der Waals surface area contributed by atoms with E-state index in [1.165, 1.54) is 26.4 Å². The molecule has 1 rings (SSSR count). The Morgan fingerprint density at radius 1 is 1.29 bits per heavy atom. The topological polar surface area (TPSA) is 64.6 Å². The summed E-state index contributed by atoms with van der Waals surface area (Å²) in [6.45, 7) is 3.87. The van der Waals surface area contributed by atoms with E-state index in [0.29, 0.717) is 6.42 Å². The fraction of sp³-hybridized carbons (Fsp3) is 0.467. The highest BCUT2D eigenvalue weighted by atomic mass is 19.1. The van der Waals surface area contributed by atoms with Crippen molar-refractivity contribution in [1.29, 1.82) is 0 Å². The zero-order valence-corrected chi connectivity index (χ0v) is 12.6. The fourth-order valence-corrected chi connectivity index (χ4v) is 1.87. The quantitative estimate of drug-likeness (QED) is 0.817. The molecule has 0 aliphatic carbocycles. The highest BCUT2D eigenvalue weighted by Crippen LogP contribution is 2.18. The molecule has 1 aromatic rings. The Kier molecular flexibility index (Phi) is 6.14. The van der Waals surface area contributed by atoms with Crippen molar-refractivity contribution in [3.63, 3.8) is 0 Å². The zero-order chi connectivity index (χ0) is 16.0. The lowest BCUT2D eigenvalue weighted by Crippen LogP contribution is -2.42. The number of methoxy groups -OCH3 is 2. The third kappa shape index (κ3) is 4.73. The Balaban J connectivity index is 2.88. The molecule has 0 heterocycles. The Morgan fingerprint density at radius 2 is 1.95 bits per heavy atom. The van der Waals surface area contributed by atoms with Crippen molar-refractivity contribution >= 4 is 11.9 Å². The van der Waals surface area contributed by atoms with Crippen LogP contribution in [-0.4, -0.2) is 32.1 Å². The van der Waals surface area contributed by atoms with Crippen LogP contribution in [0.1, 0.15) is 30.6 Å². The summed E-state index contributed by atoms with van der Waals surface area (Å²) in [6, 6.07) is 3.02. The number of esters is 1. The van der Waals surface area contributed by atoms with Crippen LogP contribution in [0.2, 0.25) is 0 Å². The van der Waals surface area contributed by atoms with Gasteiger partial charge in [0, 0.05) is 5.56 Å². The molecule has 1 N–H and O–H groups in total. The molecule has 0 aliphatic rings. The third-order valence-electron chi connectivity index (χ3n) is 2.91. The van der Waals surface area contributed by atoms with Crippen LogP contribution >= 0.6 is 0 Å². The number of benzene rings is 1. The first-order valence-corrected chi connectivity index (χ1v) is 6.61. The number of amides is 1. The lowest BCUT2D eigenvalue weighted by molar-refractivity contribution is -0.143. The summed E-state index contributed by atoms with van der Waals surface area (Å²) in [7, 11) is 2.58. The molecule has 0 aliphatic heterocycles. The minimum absolute atomic E-state index is 0.0267. The summed E-state index contributed by atoms with van der Waals surface area (Å²) >= 11 is 0. The van der Waals surface area contributed by atoms with E-state index in [9.17, 15) is 14.0 Å². The van der Waals surface area contributed by atoms with Gasteiger partial charge in [0.1, 0.15) is 6.04 Å². The van der Waals surface area contributed by atoms with E-state index in [4.69, 9.17) is 4.74 Å². The highest BCUT2D eigenvalue weighted by Gasteiger charge is 2.23. The van der Waals surface area contributed by atoms with Gasteiger partial charge < -0.3 is 14.8 Å². The monoisotopic (exact) mass is 297 g/mol. The molecule has 1 unspecified atom stereocenters. The SMILES string of the molecule is COC(=O)C(CC(C)C)NC(=O)c1ccc(F)c(OC)c1. The number of carbonyl (C=O) groups is 2. The second-order valence-corrected chi connectivity index (χ2v) is 5.03. The van der Waals surface area contributed by atoms with E-state index >= 15 is 0 Å². The maximum Gasteiger partial charge on any atom is 0.328 e. The van der Waals surface area contributed by atoms with Gasteiger partial charge >= 0.3 is 5.97 Å². The van der Waals surface area contributed by atoms with Crippen LogP contribution in [0.15, 0.2) is 18.2 Å². The molecule has 0 fully saturated rings. The molecule has 0 saturated heterocycles. The first kappa shape index (κ1) is 16.9. The van der Waals surface area contributed by atoms with E-state index in [2.05, 4.69) is 10.1 Å². The lowest BCUT2D eigenvalue weighted by atomic mass is 10.0. The Bertz CT molecular complexity index is 516. The lowest BCUT2D eigenvalue weighted by Gasteiger charge is -2.18. The number of halogens is 1. The normalized spacial score (nSPS) is 11.9. The number of nitrogens with one attached hydrogen (secondary N) is 1. The summed E-state index contributed by atoms with van der Waals surface area (Å²) in [4.78, 5) is 23.8. The van der Waals surface area contributed by atoms with Crippen molar-refractivity contribution in [3.05, 3.63) is 29.6 Å². The molecule has 5 nitrogen and oxygen atoms in total. The fourth-order valence-electron chi connectivity index (χ4n) is 1.87. The highest BCUT2D eigenvalue weighted by molar-refractivity contribution is 5.97. The van der Waals surface area contributed by atoms with Crippen LogP contribution in [-0.2, 0) is 9.53 Å². The minimum atomic E-state index is -0.737. The molecule has 21 heavy (non-hydrogen) atoms. The first-order valence-electron chi connectivity index (χ1n) is 6.61. The van der Waals surface area contributed by atoms with E-state index in [1.54, 1.807) is 0 Å². The molecule has 1 aromatic carbocycles. The van der Waals surface area contributed by atoms with Gasteiger partial charge in [-0.25, -0.2) is 9.18 Å². The summed E-state index contributed by atoms with van der Waals surface area (Å²) in [5, 5.41) is 2.59. The van der Waals surface area contributed by atoms with Gasteiger partial charge in [0.15, 0.2) is 11.6 Å². The van der Waals surface area contributed by atoms with Crippen molar-refractivity contribution in [2.24, 2.45) is 5.92 Å². The zero-order valence-electron chi connectivity index (χ0n) is 12.6. The Hall–Kier alpha value is -2.11. The van der Waals surface area contributed by atoms with Gasteiger partial charge in [-0.2, -0.15) is 0 Å². The van der Waals surface area contributed by atoms with Gasteiger partial charge in [-0.05, 0) is 30.5 Å². The van der Waals surface area contributed by atoms with Gasteiger partial charge in [0.2, 0.25) is 0 Å². The molecule has 6 heteroatoms. The van der Waals surface area contributed by atoms with Gasteiger partial charge in [-0.15, -0.1) is 0 Å². The van der Waals surface area contributed by atoms with Crippen LogP contribution in [0.25, 0.3) is 0 Å². The van der Waals surface area contributed by atoms with Gasteiger partial charge in [-0.1, -0.05) is 13.8 Å². The number of ether oxygens (including phenoxy) is 2. The molecule has 0 radical (unpaired) electrons. The van der Waals surface area contributed by atoms with E-state index in [1.807, 2.05) is 13.8 Å². The molecule has 1 atom stereocenters. The molecule has 0 spiro atoms. The number of hydrogen-bond acceptors (Lipinski definition) is 4. The van der Waals surface area contributed by atoms with Gasteiger partial charge in [0.25, 0.3) is 5.91 Å². The summed E-state index contributed by atoms with van der Waals surface area (Å²) in [5.74, 6) is -1.37. The second-order valence-electron chi connectivity index (χ2n) is 5.03. The Labute approximate surface area is 123 Å². The molecule has 0 aromatic heterocycles. The van der Waals surface area contributed by atoms with Crippen molar-refractivity contribution in [2.75, 3.05) is 14.2 Å². The van der Waals surface area contributed by atoms with Crippen molar-refractivity contribution in [2.45, 2.75) is 26.3 Å². The molecule has 0 bridgehead atoms. The number of hydrogen-bond donors (Lipinski definition) is 1. The predicted octanol–water partition coefficient (Wildman–Crippen LogP) is 2.15. The van der Waals surface area contributed by atoms with Crippen molar-refractivity contribution in [1.82, 2.24) is 5.32 Å². The maximum atomic E-state index is 13.3. The average Bonchev–Trinajstić information content (AvgIpc) is 2.45. The van der Waals surface area contributed by atoms with E-state index in [-0.39, 0.29) is 17.2 Å². The van der Waals surface area contributed by atoms with Crippen molar-refractivity contribution < 1.29 is 23.5 Å². The van der Waals surface area contributed by atoms with Crippen LogP contribution in [0.3, 0.4) is 0 Å². The smallest absolute Gasteiger partial charge is 0.328 e. The largest absolute Gasteiger partial charge is 0.494 e. The Morgan fingerprint density at radius 3 is 2.48 bits per heavy atom. The molecular formula is C15H20FNO4. The minimum Gasteiger partial charge on any atom is -0.494 e. The average molecular weight is 297 g/mol. The molecule has 1 amide bonds. The number of rotatable bonds is 6. The predicted molar refractivity (Wildman–Crippen MR) is 75.7 cm³/mol. The van der Waals surface area contributed by atoms with Crippen LogP contribution in [0.4, 0.5) is 4.39 Å². The van der Waals surface area contributed by atoms with Gasteiger partial charge in [0.05, 0.1) is 14.2 Å². The summed E-state index contributed by atoms with van der Waals surface area (Å²) in [6.07, 6.45) is 0.455. The standard InChI is InChI=1S/C15H20FNO4/c1-9(2)7-12(15(19)21-4)17-14(18)10-5-6-11(16)13(8-10)20-3/h5-6,8-9,12H,7H2,1-4H3,(H,17,18). The van der Waals surface area contributed by atoms with Gasteiger partial charge in [-0.3, -0.25) is 4.79 Å². The summed E-state index contributed by atoms with van der Waals surface area (Å²) < 4.78 is 22.8. The maximum absolute atomic E-state index is 13.3. The van der Waals surface area contributed by atoms with E-state index < -0.39 is 23.7 Å². The molecular weight excluding hydrogens is 277 g/mol. The number of carbonyl (C=O) groups excluding carboxylic acids is 2. The first-order chi connectivity index (χ1) is 9.88. The second kappa shape index (κ2) is 7.61. The summed E-state index contributed by atoms with van der Waals surface area (Å²) in [5.41, 5.74) is 0.214. The van der Waals surface area contributed by atoms with Crippen LogP contribution < -0.4 is 10.1 Å². The molecule has 0 saturated carbocycles.